The molecule has 0 radical (unpaired) electrons. The molecule has 0 atom stereocenters. The van der Waals surface area contributed by atoms with Gasteiger partial charge in [-0.15, -0.1) is 11.3 Å². The Morgan fingerprint density at radius 3 is 2.58 bits per heavy atom. The molecule has 0 spiro atoms. The second-order valence-electron chi connectivity index (χ2n) is 7.09. The highest BCUT2D eigenvalue weighted by atomic mass is 35.5. The van der Waals surface area contributed by atoms with E-state index in [0.29, 0.717) is 27.8 Å². The zero-order chi connectivity index (χ0) is 22.8. The van der Waals surface area contributed by atoms with Crippen LogP contribution < -0.4 is 10.9 Å². The van der Waals surface area contributed by atoms with Crippen molar-refractivity contribution in [3.05, 3.63) is 105 Å². The first-order chi connectivity index (χ1) is 16.1. The Morgan fingerprint density at radius 1 is 0.970 bits per heavy atom. The topological polar surface area (TPSA) is 92.7 Å². The average Bonchev–Trinajstić information content (AvgIpc) is 3.49. The first kappa shape index (κ1) is 20.9. The number of halogens is 1. The highest BCUT2D eigenvalue weighted by molar-refractivity contribution is 7.13. The second-order valence-corrected chi connectivity index (χ2v) is 8.47. The molecule has 0 unspecified atom stereocenters. The van der Waals surface area contributed by atoms with Gasteiger partial charge in [-0.05, 0) is 29.6 Å². The van der Waals surface area contributed by atoms with Crippen LogP contribution in [0, 0.1) is 0 Å². The largest absolute Gasteiger partial charge is 0.306 e. The Bertz CT molecular complexity index is 1490. The minimum Gasteiger partial charge on any atom is -0.306 e. The zero-order valence-electron chi connectivity index (χ0n) is 17.0. The lowest BCUT2D eigenvalue weighted by Crippen LogP contribution is -2.18. The van der Waals surface area contributed by atoms with Gasteiger partial charge in [-0.1, -0.05) is 54.1 Å². The normalized spacial score (nSPS) is 10.8. The molecule has 3 heterocycles. The SMILES string of the molecule is O=C(Nc1cc(-c2cccs2)nn1-c1nc(-c2ccccc2)cc(=O)[nH]1)c1cccc(Cl)c1. The summed E-state index contributed by atoms with van der Waals surface area (Å²) in [7, 11) is 0. The molecule has 9 heteroatoms. The van der Waals surface area contributed by atoms with Crippen LogP contribution in [0.5, 0.6) is 0 Å². The molecule has 0 aliphatic heterocycles. The maximum atomic E-state index is 12.9. The molecule has 3 aromatic heterocycles. The van der Waals surface area contributed by atoms with Crippen molar-refractivity contribution in [3.8, 4) is 27.8 Å². The molecule has 33 heavy (non-hydrogen) atoms. The monoisotopic (exact) mass is 473 g/mol. The molecule has 5 aromatic rings. The molecule has 0 bridgehead atoms. The number of aromatic nitrogens is 4. The number of hydrogen-bond donors (Lipinski definition) is 2. The van der Waals surface area contributed by atoms with E-state index in [9.17, 15) is 9.59 Å². The van der Waals surface area contributed by atoms with E-state index in [-0.39, 0.29) is 17.4 Å². The van der Waals surface area contributed by atoms with E-state index in [0.717, 1.165) is 10.4 Å². The smallest absolute Gasteiger partial charge is 0.256 e. The summed E-state index contributed by atoms with van der Waals surface area (Å²) >= 11 is 7.55. The van der Waals surface area contributed by atoms with Gasteiger partial charge in [0.15, 0.2) is 0 Å². The lowest BCUT2D eigenvalue weighted by molar-refractivity contribution is 0.102. The molecule has 0 fully saturated rings. The van der Waals surface area contributed by atoms with Crippen molar-refractivity contribution >= 4 is 34.7 Å². The summed E-state index contributed by atoms with van der Waals surface area (Å²) in [5, 5.41) is 9.87. The second kappa shape index (κ2) is 8.85. The van der Waals surface area contributed by atoms with Crippen molar-refractivity contribution in [3.63, 3.8) is 0 Å². The number of thiophene rings is 1. The summed E-state index contributed by atoms with van der Waals surface area (Å²) < 4.78 is 1.42. The molecule has 7 nitrogen and oxygen atoms in total. The Morgan fingerprint density at radius 2 is 1.82 bits per heavy atom. The van der Waals surface area contributed by atoms with E-state index < -0.39 is 0 Å². The van der Waals surface area contributed by atoms with Crippen molar-refractivity contribution < 1.29 is 4.79 Å². The van der Waals surface area contributed by atoms with Gasteiger partial charge in [0.2, 0.25) is 5.95 Å². The molecule has 2 aromatic carbocycles. The van der Waals surface area contributed by atoms with Crippen molar-refractivity contribution in [1.82, 2.24) is 19.7 Å². The van der Waals surface area contributed by atoms with Gasteiger partial charge in [0.1, 0.15) is 11.5 Å². The first-order valence-electron chi connectivity index (χ1n) is 9.95. The van der Waals surface area contributed by atoms with Crippen LogP contribution >= 0.6 is 22.9 Å². The Labute approximate surface area is 197 Å². The number of carbonyl (C=O) groups is 1. The van der Waals surface area contributed by atoms with Gasteiger partial charge in [0.25, 0.3) is 11.5 Å². The summed E-state index contributed by atoms with van der Waals surface area (Å²) in [6, 6.07) is 23.0. The van der Waals surface area contributed by atoms with Crippen LogP contribution in [0.15, 0.2) is 89.0 Å². The van der Waals surface area contributed by atoms with E-state index >= 15 is 0 Å². The van der Waals surface area contributed by atoms with Gasteiger partial charge in [-0.2, -0.15) is 9.78 Å². The van der Waals surface area contributed by atoms with Crippen LogP contribution in [-0.2, 0) is 0 Å². The third-order valence-electron chi connectivity index (χ3n) is 4.81. The third kappa shape index (κ3) is 4.48. The summed E-state index contributed by atoms with van der Waals surface area (Å²) in [6.45, 7) is 0. The molecule has 0 saturated heterocycles. The van der Waals surface area contributed by atoms with Crippen molar-refractivity contribution in [2.75, 3.05) is 5.32 Å². The fourth-order valence-electron chi connectivity index (χ4n) is 3.30. The molecule has 0 aliphatic carbocycles. The maximum absolute atomic E-state index is 12.9. The summed E-state index contributed by atoms with van der Waals surface area (Å²) in [5.74, 6) is 0.181. The zero-order valence-corrected chi connectivity index (χ0v) is 18.6. The van der Waals surface area contributed by atoms with Crippen molar-refractivity contribution in [2.24, 2.45) is 0 Å². The predicted octanol–water partition coefficient (Wildman–Crippen LogP) is 5.26. The van der Waals surface area contributed by atoms with Crippen LogP contribution in [0.4, 0.5) is 5.82 Å². The number of H-pyrrole nitrogens is 1. The third-order valence-corrected chi connectivity index (χ3v) is 5.94. The lowest BCUT2D eigenvalue weighted by atomic mass is 10.1. The van der Waals surface area contributed by atoms with E-state index in [1.165, 1.54) is 22.1 Å². The van der Waals surface area contributed by atoms with E-state index in [2.05, 4.69) is 20.4 Å². The number of rotatable bonds is 5. The van der Waals surface area contributed by atoms with E-state index in [4.69, 9.17) is 11.6 Å². The first-order valence-corrected chi connectivity index (χ1v) is 11.2. The predicted molar refractivity (Wildman–Crippen MR) is 130 cm³/mol. The Hall–Kier alpha value is -4.01. The molecular formula is C24H16ClN5O2S. The quantitative estimate of drug-likeness (QED) is 0.364. The van der Waals surface area contributed by atoms with Crippen LogP contribution in [0.1, 0.15) is 10.4 Å². The van der Waals surface area contributed by atoms with Gasteiger partial charge in [0, 0.05) is 28.3 Å². The van der Waals surface area contributed by atoms with E-state index in [1.807, 2.05) is 47.8 Å². The fourth-order valence-corrected chi connectivity index (χ4v) is 4.17. The summed E-state index contributed by atoms with van der Waals surface area (Å²) in [4.78, 5) is 33.6. The number of aromatic amines is 1. The molecule has 5 rings (SSSR count). The molecule has 162 valence electrons. The van der Waals surface area contributed by atoms with Crippen LogP contribution in [0.3, 0.4) is 0 Å². The number of carbonyl (C=O) groups excluding carboxylic acids is 1. The highest BCUT2D eigenvalue weighted by Gasteiger charge is 2.18. The van der Waals surface area contributed by atoms with Gasteiger partial charge in [-0.3, -0.25) is 14.6 Å². The number of benzene rings is 2. The number of nitrogens with zero attached hydrogens (tertiary/aromatic N) is 3. The summed E-state index contributed by atoms with van der Waals surface area (Å²) in [6.07, 6.45) is 0. The van der Waals surface area contributed by atoms with Gasteiger partial charge in [0.05, 0.1) is 10.6 Å². The van der Waals surface area contributed by atoms with Gasteiger partial charge >= 0.3 is 0 Å². The van der Waals surface area contributed by atoms with Gasteiger partial charge in [-0.25, -0.2) is 4.98 Å². The molecular weight excluding hydrogens is 458 g/mol. The Balaban J connectivity index is 1.60. The number of nitrogens with one attached hydrogen (secondary N) is 2. The molecule has 0 saturated carbocycles. The van der Waals surface area contributed by atoms with E-state index in [1.54, 1.807) is 30.3 Å². The molecule has 0 aliphatic rings. The van der Waals surface area contributed by atoms with Crippen LogP contribution in [0.2, 0.25) is 5.02 Å². The highest BCUT2D eigenvalue weighted by Crippen LogP contribution is 2.28. The molecule has 2 N–H and O–H groups in total. The molecule has 1 amide bonds. The lowest BCUT2D eigenvalue weighted by Gasteiger charge is -2.09. The number of amides is 1. The minimum atomic E-state index is -0.363. The fraction of sp³-hybridized carbons (Fsp3) is 0. The minimum absolute atomic E-state index is 0.186. The summed E-state index contributed by atoms with van der Waals surface area (Å²) in [5.41, 5.74) is 1.99. The number of hydrogen-bond acceptors (Lipinski definition) is 5. The Kier molecular flexibility index (Phi) is 5.60. The number of anilines is 1. The average molecular weight is 474 g/mol. The van der Waals surface area contributed by atoms with Crippen molar-refractivity contribution in [2.45, 2.75) is 0 Å². The standard InChI is InChI=1S/C24H16ClN5O2S/c25-17-9-4-8-16(12-17)23(32)27-21-13-19(20-10-5-11-33-20)29-30(21)24-26-18(14-22(31)28-24)15-6-2-1-3-7-15/h1-14H,(H,27,32)(H,26,28,31). The maximum Gasteiger partial charge on any atom is 0.256 e. The van der Waals surface area contributed by atoms with Crippen LogP contribution in [0.25, 0.3) is 27.8 Å². The van der Waals surface area contributed by atoms with Crippen LogP contribution in [-0.4, -0.2) is 25.7 Å². The van der Waals surface area contributed by atoms with Crippen molar-refractivity contribution in [1.29, 1.82) is 0 Å². The van der Waals surface area contributed by atoms with Gasteiger partial charge < -0.3 is 5.32 Å².